The third-order valence-corrected chi connectivity index (χ3v) is 4.77. The van der Waals surface area contributed by atoms with Gasteiger partial charge in [0.2, 0.25) is 0 Å². The van der Waals surface area contributed by atoms with E-state index in [1.807, 2.05) is 0 Å². The molecule has 0 aromatic heterocycles. The van der Waals surface area contributed by atoms with Crippen molar-refractivity contribution in [3.8, 4) is 0 Å². The van der Waals surface area contributed by atoms with Crippen molar-refractivity contribution in [2.45, 2.75) is 38.1 Å². The van der Waals surface area contributed by atoms with Crippen LogP contribution in [0.15, 0.2) is 60.7 Å². The molecule has 2 aromatic carbocycles. The van der Waals surface area contributed by atoms with Crippen LogP contribution >= 0.6 is 0 Å². The number of benzene rings is 2. The predicted octanol–water partition coefficient (Wildman–Crippen LogP) is 2.85. The van der Waals surface area contributed by atoms with Crippen LogP contribution in [0, 0.1) is 0 Å². The van der Waals surface area contributed by atoms with Gasteiger partial charge in [-0.25, -0.2) is 0 Å². The van der Waals surface area contributed by atoms with Crippen molar-refractivity contribution in [1.82, 2.24) is 9.80 Å². The summed E-state index contributed by atoms with van der Waals surface area (Å²) in [6.45, 7) is -5.41. The molecule has 1 saturated heterocycles. The maximum atomic E-state index is 10.8. The van der Waals surface area contributed by atoms with Gasteiger partial charge in [-0.1, -0.05) is 60.7 Å². The zero-order valence-electron chi connectivity index (χ0n) is 21.0. The Morgan fingerprint density at radius 1 is 0.731 bits per heavy atom. The molecule has 1 fully saturated rings. The standard InChI is InChI=1S/C22H30N2O2/c1-17(21(25)19-9-5-3-6-10-19)23-13-15-24(16-14-23)18(2)22(26)20-11-7-4-8-12-20/h3-12,17-18,21-22,25-26H,13-16H2,1-2H3/t17-,18-,21-,22-/m1/s1/i13D,14D2,15D,16D2/t13-,15+,17-,18-,21-,22-. The Balaban J connectivity index is 1.95. The first-order chi connectivity index (χ1) is 14.9. The van der Waals surface area contributed by atoms with Crippen LogP contribution in [-0.4, -0.2) is 58.1 Å². The van der Waals surface area contributed by atoms with Gasteiger partial charge in [-0.2, -0.15) is 0 Å². The van der Waals surface area contributed by atoms with E-state index < -0.39 is 50.3 Å². The number of aliphatic hydroxyl groups is 2. The summed E-state index contributed by atoms with van der Waals surface area (Å²) in [5, 5.41) is 21.7. The lowest BCUT2D eigenvalue weighted by atomic mass is 10.00. The quantitative estimate of drug-likeness (QED) is 0.832. The molecule has 4 nitrogen and oxygen atoms in total. The summed E-state index contributed by atoms with van der Waals surface area (Å²) in [4.78, 5) is 1.86. The molecule has 140 valence electrons. The van der Waals surface area contributed by atoms with Gasteiger partial charge in [-0.3, -0.25) is 9.80 Å². The van der Waals surface area contributed by atoms with Crippen LogP contribution in [0.5, 0.6) is 0 Å². The summed E-state index contributed by atoms with van der Waals surface area (Å²) >= 11 is 0. The minimum atomic E-state index is -2.73. The van der Waals surface area contributed by atoms with E-state index >= 15 is 0 Å². The van der Waals surface area contributed by atoms with Crippen LogP contribution in [0.3, 0.4) is 0 Å². The van der Waals surface area contributed by atoms with E-state index in [-0.39, 0.29) is 0 Å². The zero-order valence-corrected chi connectivity index (χ0v) is 15.0. The smallest absolute Gasteiger partial charge is 0.0942 e. The third kappa shape index (κ3) is 4.33. The van der Waals surface area contributed by atoms with Crippen molar-refractivity contribution >= 4 is 0 Å². The fraction of sp³-hybridized carbons (Fsp3) is 0.455. The van der Waals surface area contributed by atoms with Gasteiger partial charge in [0.15, 0.2) is 0 Å². The number of rotatable bonds is 6. The first-order valence-electron chi connectivity index (χ1n) is 12.0. The van der Waals surface area contributed by atoms with Gasteiger partial charge in [0.25, 0.3) is 0 Å². The van der Waals surface area contributed by atoms with Crippen LogP contribution in [0.4, 0.5) is 0 Å². The number of hydrogen-bond donors (Lipinski definition) is 2. The highest BCUT2D eigenvalue weighted by Gasteiger charge is 2.30. The second-order valence-electron chi connectivity index (χ2n) is 6.53. The fourth-order valence-corrected chi connectivity index (χ4v) is 2.97. The number of nitrogens with zero attached hydrogens (tertiary/aromatic N) is 2. The second kappa shape index (κ2) is 8.78. The van der Waals surface area contributed by atoms with Crippen molar-refractivity contribution in [2.75, 3.05) is 26.0 Å². The minimum absolute atomic E-state index is 0.514. The molecule has 0 aliphatic carbocycles. The molecule has 1 heterocycles. The monoisotopic (exact) mass is 360 g/mol. The molecule has 6 atom stereocenters. The van der Waals surface area contributed by atoms with Gasteiger partial charge in [-0.15, -0.1) is 0 Å². The fourth-order valence-electron chi connectivity index (χ4n) is 2.97. The maximum absolute atomic E-state index is 10.8. The summed E-state index contributed by atoms with van der Waals surface area (Å²) < 4.78 is 51.8. The third-order valence-electron chi connectivity index (χ3n) is 4.77. The highest BCUT2D eigenvalue weighted by atomic mass is 16.3. The molecular weight excluding hydrogens is 324 g/mol. The van der Waals surface area contributed by atoms with Crippen molar-refractivity contribution in [3.63, 3.8) is 0 Å². The molecule has 3 rings (SSSR count). The summed E-state index contributed by atoms with van der Waals surface area (Å²) in [6, 6.07) is 15.2. The van der Waals surface area contributed by atoms with E-state index in [1.165, 1.54) is 13.8 Å². The Kier molecular flexibility index (Phi) is 4.26. The first-order valence-corrected chi connectivity index (χ1v) is 8.80. The van der Waals surface area contributed by atoms with Crippen LogP contribution in [-0.2, 0) is 0 Å². The molecule has 0 amide bonds. The SMILES string of the molecule is [2H][C@@H]1[C@H]([2H])N([C@H](C)[C@@H](O)c2ccccc2)C([2H])([2H])C([2H])([2H])N1[C@H](C)[C@@H](O)c1ccccc1. The van der Waals surface area contributed by atoms with E-state index in [0.29, 0.717) is 11.1 Å². The molecule has 2 N–H and O–H groups in total. The molecule has 2 aromatic rings. The molecule has 0 bridgehead atoms. The lowest BCUT2D eigenvalue weighted by Crippen LogP contribution is -2.54. The molecular formula is C22H30N2O2. The van der Waals surface area contributed by atoms with Gasteiger partial charge in [0.1, 0.15) is 0 Å². The van der Waals surface area contributed by atoms with Crippen LogP contribution in [0.1, 0.15) is 45.4 Å². The molecule has 0 spiro atoms. The zero-order chi connectivity index (χ0) is 23.8. The van der Waals surface area contributed by atoms with Gasteiger partial charge in [-0.05, 0) is 25.0 Å². The molecule has 26 heavy (non-hydrogen) atoms. The number of hydrogen-bond acceptors (Lipinski definition) is 4. The summed E-state index contributed by atoms with van der Waals surface area (Å²) in [5.41, 5.74) is 1.03. The van der Waals surface area contributed by atoms with Crippen molar-refractivity contribution in [2.24, 2.45) is 0 Å². The topological polar surface area (TPSA) is 46.9 Å². The van der Waals surface area contributed by atoms with Gasteiger partial charge in [0.05, 0.1) is 12.2 Å². The highest BCUT2D eigenvalue weighted by molar-refractivity contribution is 5.19. The average molecular weight is 361 g/mol. The summed E-state index contributed by atoms with van der Waals surface area (Å²) in [7, 11) is 0. The molecule has 0 unspecified atom stereocenters. The Morgan fingerprint density at radius 2 is 1.08 bits per heavy atom. The Bertz CT molecular complexity index is 815. The Morgan fingerprint density at radius 3 is 1.42 bits per heavy atom. The number of piperazine rings is 1. The number of aliphatic hydroxyl groups excluding tert-OH is 2. The summed E-state index contributed by atoms with van der Waals surface area (Å²) in [5.74, 6) is 0. The first kappa shape index (κ1) is 12.6. The van der Waals surface area contributed by atoms with Gasteiger partial charge < -0.3 is 10.2 Å². The summed E-state index contributed by atoms with van der Waals surface area (Å²) in [6.07, 6.45) is -2.36. The van der Waals surface area contributed by atoms with E-state index in [9.17, 15) is 10.2 Å². The van der Waals surface area contributed by atoms with Crippen molar-refractivity contribution in [3.05, 3.63) is 71.8 Å². The molecule has 1 aliphatic heterocycles. The van der Waals surface area contributed by atoms with Crippen LogP contribution in [0.2, 0.25) is 0 Å². The predicted molar refractivity (Wildman–Crippen MR) is 105 cm³/mol. The Labute approximate surface area is 165 Å². The van der Waals surface area contributed by atoms with E-state index in [2.05, 4.69) is 0 Å². The Hall–Kier alpha value is -1.72. The molecule has 0 radical (unpaired) electrons. The van der Waals surface area contributed by atoms with Crippen molar-refractivity contribution < 1.29 is 18.4 Å². The van der Waals surface area contributed by atoms with Gasteiger partial charge in [0, 0.05) is 46.3 Å². The largest absolute Gasteiger partial charge is 0.387 e. The maximum Gasteiger partial charge on any atom is 0.0942 e. The average Bonchev–Trinajstić information content (AvgIpc) is 2.77. The molecule has 0 saturated carbocycles. The molecule has 4 heteroatoms. The lowest BCUT2D eigenvalue weighted by molar-refractivity contribution is -0.00761. The van der Waals surface area contributed by atoms with Crippen LogP contribution < -0.4 is 0 Å². The lowest BCUT2D eigenvalue weighted by Gasteiger charge is -2.42. The minimum Gasteiger partial charge on any atom is -0.387 e. The van der Waals surface area contributed by atoms with Crippen molar-refractivity contribution in [1.29, 1.82) is 0 Å². The second-order valence-corrected chi connectivity index (χ2v) is 6.53. The van der Waals surface area contributed by atoms with Gasteiger partial charge >= 0.3 is 0 Å². The van der Waals surface area contributed by atoms with E-state index in [0.717, 1.165) is 9.80 Å². The highest BCUT2D eigenvalue weighted by Crippen LogP contribution is 2.25. The molecule has 1 aliphatic rings. The van der Waals surface area contributed by atoms with E-state index in [4.69, 9.17) is 8.22 Å². The van der Waals surface area contributed by atoms with E-state index in [1.54, 1.807) is 60.7 Å². The van der Waals surface area contributed by atoms with Crippen LogP contribution in [0.25, 0.3) is 0 Å². The normalized spacial score (nSPS) is 34.0.